The van der Waals surface area contributed by atoms with E-state index < -0.39 is 6.09 Å². The highest BCUT2D eigenvalue weighted by Crippen LogP contribution is 2.27. The topological polar surface area (TPSA) is 43.3 Å². The third-order valence-corrected chi connectivity index (χ3v) is 2.90. The van der Waals surface area contributed by atoms with Crippen LogP contribution < -0.4 is 5.32 Å². The molecule has 0 radical (unpaired) electrons. The highest BCUT2D eigenvalue weighted by Gasteiger charge is 2.11. The van der Waals surface area contributed by atoms with E-state index in [0.717, 1.165) is 10.7 Å². The van der Waals surface area contributed by atoms with Crippen LogP contribution in [0.1, 0.15) is 13.8 Å². The van der Waals surface area contributed by atoms with Crippen LogP contribution >= 0.6 is 11.3 Å². The van der Waals surface area contributed by atoms with E-state index >= 15 is 0 Å². The van der Waals surface area contributed by atoms with Crippen LogP contribution in [0.5, 0.6) is 0 Å². The summed E-state index contributed by atoms with van der Waals surface area (Å²) >= 11 is 1.47. The number of carbonyl (C=O) groups is 1. The maximum atomic E-state index is 11.5. The zero-order chi connectivity index (χ0) is 12.3. The summed E-state index contributed by atoms with van der Waals surface area (Å²) in [5, 5.41) is 5.46. The molecule has 0 aromatic carbocycles. The maximum Gasteiger partial charge on any atom is 0.412 e. The van der Waals surface area contributed by atoms with Crippen molar-refractivity contribution < 1.29 is 9.53 Å². The van der Waals surface area contributed by atoms with Crippen LogP contribution in [-0.4, -0.2) is 16.8 Å². The quantitative estimate of drug-likeness (QED) is 0.906. The Morgan fingerprint density at radius 3 is 2.76 bits per heavy atom. The minimum Gasteiger partial charge on any atom is -0.447 e. The molecule has 2 heterocycles. The third kappa shape index (κ3) is 2.88. The summed E-state index contributed by atoms with van der Waals surface area (Å²) < 4.78 is 6.99. The predicted octanol–water partition coefficient (Wildman–Crippen LogP) is 3.50. The summed E-state index contributed by atoms with van der Waals surface area (Å²) in [5.74, 6) is 0. The average molecular weight is 250 g/mol. The lowest BCUT2D eigenvalue weighted by Gasteiger charge is -2.10. The first-order valence-corrected chi connectivity index (χ1v) is 6.23. The Hall–Kier alpha value is -1.75. The first kappa shape index (κ1) is 11.7. The molecule has 90 valence electrons. The van der Waals surface area contributed by atoms with Crippen molar-refractivity contribution in [2.24, 2.45) is 0 Å². The number of nitrogens with zero attached hydrogens (tertiary/aromatic N) is 1. The van der Waals surface area contributed by atoms with Gasteiger partial charge in [0.05, 0.1) is 11.8 Å². The molecule has 1 N–H and O–H groups in total. The van der Waals surface area contributed by atoms with Gasteiger partial charge in [0.1, 0.15) is 5.00 Å². The lowest BCUT2D eigenvalue weighted by atomic mass is 10.5. The van der Waals surface area contributed by atoms with Gasteiger partial charge in [-0.15, -0.1) is 11.3 Å². The average Bonchev–Trinajstić information content (AvgIpc) is 2.84. The molecule has 0 aliphatic rings. The molecule has 17 heavy (non-hydrogen) atoms. The van der Waals surface area contributed by atoms with E-state index in [2.05, 4.69) is 5.32 Å². The van der Waals surface area contributed by atoms with Crippen LogP contribution in [0, 0.1) is 0 Å². The van der Waals surface area contributed by atoms with E-state index in [1.807, 2.05) is 54.4 Å². The van der Waals surface area contributed by atoms with E-state index in [1.165, 1.54) is 11.3 Å². The van der Waals surface area contributed by atoms with E-state index in [9.17, 15) is 4.79 Å². The predicted molar refractivity (Wildman–Crippen MR) is 68.9 cm³/mol. The summed E-state index contributed by atoms with van der Waals surface area (Å²) in [6.45, 7) is 3.64. The van der Waals surface area contributed by atoms with Crippen LogP contribution in [0.25, 0.3) is 5.69 Å². The number of amides is 1. The number of rotatable bonds is 3. The van der Waals surface area contributed by atoms with Gasteiger partial charge in [0.2, 0.25) is 0 Å². The zero-order valence-electron chi connectivity index (χ0n) is 9.71. The summed E-state index contributed by atoms with van der Waals surface area (Å²) in [7, 11) is 0. The monoisotopic (exact) mass is 250 g/mol. The van der Waals surface area contributed by atoms with Gasteiger partial charge in [0.25, 0.3) is 0 Å². The standard InChI is InChI=1S/C12H14N2O2S/c1-9(2)16-12(15)13-11-10(5-8-17-11)14-6-3-4-7-14/h3-9H,1-2H3,(H,13,15). The Bertz CT molecular complexity index is 488. The van der Waals surface area contributed by atoms with Gasteiger partial charge in [-0.1, -0.05) is 0 Å². The molecule has 1 amide bonds. The van der Waals surface area contributed by atoms with Crippen molar-refractivity contribution in [3.05, 3.63) is 36.0 Å². The molecule has 0 unspecified atom stereocenters. The fourth-order valence-corrected chi connectivity index (χ4v) is 2.20. The van der Waals surface area contributed by atoms with Gasteiger partial charge < -0.3 is 9.30 Å². The van der Waals surface area contributed by atoms with Gasteiger partial charge in [0.15, 0.2) is 0 Å². The molecule has 0 bridgehead atoms. The normalized spacial score (nSPS) is 10.5. The first-order chi connectivity index (χ1) is 8.16. The second-order valence-electron chi connectivity index (χ2n) is 3.80. The summed E-state index contributed by atoms with van der Waals surface area (Å²) in [4.78, 5) is 11.5. The summed E-state index contributed by atoms with van der Waals surface area (Å²) in [5.41, 5.74) is 0.945. The van der Waals surface area contributed by atoms with Crippen LogP contribution in [0.4, 0.5) is 9.80 Å². The largest absolute Gasteiger partial charge is 0.447 e. The van der Waals surface area contributed by atoms with Crippen molar-refractivity contribution in [2.45, 2.75) is 20.0 Å². The van der Waals surface area contributed by atoms with Crippen LogP contribution in [0.2, 0.25) is 0 Å². The Labute approximate surface area is 104 Å². The van der Waals surface area contributed by atoms with Crippen LogP contribution in [0.3, 0.4) is 0 Å². The van der Waals surface area contributed by atoms with E-state index in [0.29, 0.717) is 0 Å². The van der Waals surface area contributed by atoms with E-state index in [4.69, 9.17) is 4.74 Å². The minimum absolute atomic E-state index is 0.120. The number of hydrogen-bond acceptors (Lipinski definition) is 3. The second-order valence-corrected chi connectivity index (χ2v) is 4.72. The Balaban J connectivity index is 2.12. The molecule has 0 aliphatic heterocycles. The fraction of sp³-hybridized carbons (Fsp3) is 0.250. The number of carbonyl (C=O) groups excluding carboxylic acids is 1. The van der Waals surface area contributed by atoms with Gasteiger partial charge in [-0.3, -0.25) is 5.32 Å². The van der Waals surface area contributed by atoms with Crippen molar-refractivity contribution in [1.29, 1.82) is 0 Å². The number of hydrogen-bond donors (Lipinski definition) is 1. The van der Waals surface area contributed by atoms with Crippen molar-refractivity contribution >= 4 is 22.4 Å². The number of anilines is 1. The Morgan fingerprint density at radius 2 is 2.12 bits per heavy atom. The molecule has 0 atom stereocenters. The molecule has 0 spiro atoms. The van der Waals surface area contributed by atoms with Crippen molar-refractivity contribution in [3.63, 3.8) is 0 Å². The molecule has 0 fully saturated rings. The van der Waals surface area contributed by atoms with E-state index in [1.54, 1.807) is 0 Å². The lowest BCUT2D eigenvalue weighted by molar-refractivity contribution is 0.130. The molecule has 2 aromatic heterocycles. The second kappa shape index (κ2) is 5.05. The number of aromatic nitrogens is 1. The minimum atomic E-state index is -0.421. The Morgan fingerprint density at radius 1 is 1.41 bits per heavy atom. The van der Waals surface area contributed by atoms with E-state index in [-0.39, 0.29) is 6.10 Å². The van der Waals surface area contributed by atoms with Gasteiger partial charge in [-0.2, -0.15) is 0 Å². The zero-order valence-corrected chi connectivity index (χ0v) is 10.5. The molecular weight excluding hydrogens is 236 g/mol. The maximum absolute atomic E-state index is 11.5. The van der Waals surface area contributed by atoms with Crippen molar-refractivity contribution in [3.8, 4) is 5.69 Å². The Kier molecular flexibility index (Phi) is 3.49. The first-order valence-electron chi connectivity index (χ1n) is 5.35. The lowest BCUT2D eigenvalue weighted by Crippen LogP contribution is -2.18. The molecular formula is C12H14N2O2S. The summed E-state index contributed by atoms with van der Waals surface area (Å²) in [6, 6.07) is 5.83. The molecule has 2 aromatic rings. The third-order valence-electron chi connectivity index (χ3n) is 2.09. The molecule has 0 saturated heterocycles. The van der Waals surface area contributed by atoms with Crippen LogP contribution in [-0.2, 0) is 4.74 Å². The smallest absolute Gasteiger partial charge is 0.412 e. The number of ether oxygens (including phenoxy) is 1. The van der Waals surface area contributed by atoms with Gasteiger partial charge in [-0.05, 0) is 37.4 Å². The van der Waals surface area contributed by atoms with Crippen molar-refractivity contribution in [2.75, 3.05) is 5.32 Å². The molecule has 0 saturated carbocycles. The molecule has 4 nitrogen and oxygen atoms in total. The molecule has 5 heteroatoms. The molecule has 0 aliphatic carbocycles. The summed E-state index contributed by atoms with van der Waals surface area (Å²) in [6.07, 6.45) is 3.32. The van der Waals surface area contributed by atoms with Crippen LogP contribution in [0.15, 0.2) is 36.0 Å². The highest BCUT2D eigenvalue weighted by molar-refractivity contribution is 7.14. The van der Waals surface area contributed by atoms with Gasteiger partial charge in [-0.25, -0.2) is 4.79 Å². The van der Waals surface area contributed by atoms with Gasteiger partial charge in [0, 0.05) is 12.4 Å². The van der Waals surface area contributed by atoms with Gasteiger partial charge >= 0.3 is 6.09 Å². The van der Waals surface area contributed by atoms with Crippen molar-refractivity contribution in [1.82, 2.24) is 4.57 Å². The highest BCUT2D eigenvalue weighted by atomic mass is 32.1. The number of thiophene rings is 1. The number of nitrogens with one attached hydrogen (secondary N) is 1. The molecule has 2 rings (SSSR count). The SMILES string of the molecule is CC(C)OC(=O)Nc1sccc1-n1cccc1. The fourth-order valence-electron chi connectivity index (χ4n) is 1.43.